The molecule has 1 saturated heterocycles. The van der Waals surface area contributed by atoms with E-state index in [9.17, 15) is 0 Å². The molecule has 0 spiro atoms. The van der Waals surface area contributed by atoms with E-state index < -0.39 is 0 Å². The van der Waals surface area contributed by atoms with Gasteiger partial charge >= 0.3 is 0 Å². The summed E-state index contributed by atoms with van der Waals surface area (Å²) < 4.78 is 5.57. The van der Waals surface area contributed by atoms with E-state index in [0.29, 0.717) is 11.8 Å². The molecule has 1 aliphatic rings. The summed E-state index contributed by atoms with van der Waals surface area (Å²) in [6.07, 6.45) is 0.273. The lowest BCUT2D eigenvalue weighted by Gasteiger charge is -2.21. The zero-order chi connectivity index (χ0) is 8.43. The largest absolute Gasteiger partial charge is 0.396 e. The predicted octanol–water partition coefficient (Wildman–Crippen LogP) is 1.29. The average molecular weight is 158 g/mol. The van der Waals surface area contributed by atoms with Crippen LogP contribution in [0.4, 0.5) is 0 Å². The molecule has 2 heteroatoms. The van der Waals surface area contributed by atoms with Crippen LogP contribution in [0.1, 0.15) is 20.8 Å². The van der Waals surface area contributed by atoms with Crippen molar-refractivity contribution < 1.29 is 9.84 Å². The molecule has 0 amide bonds. The second-order valence-corrected chi connectivity index (χ2v) is 3.79. The summed E-state index contributed by atoms with van der Waals surface area (Å²) in [5, 5.41) is 8.92. The van der Waals surface area contributed by atoms with Crippen LogP contribution in [0.5, 0.6) is 0 Å². The van der Waals surface area contributed by atoms with Crippen LogP contribution in [-0.4, -0.2) is 24.4 Å². The Bertz CT molecular complexity index is 125. The molecule has 1 N–H and O–H groups in total. The lowest BCUT2D eigenvalue weighted by atomic mass is 9.88. The Kier molecular flexibility index (Phi) is 2.90. The smallest absolute Gasteiger partial charge is 0.0651 e. The molecule has 1 fully saturated rings. The minimum atomic E-state index is 0.238. The van der Waals surface area contributed by atoms with Crippen LogP contribution in [0.25, 0.3) is 0 Å². The van der Waals surface area contributed by atoms with E-state index in [0.717, 1.165) is 6.61 Å². The Labute approximate surface area is 68.6 Å². The topological polar surface area (TPSA) is 29.5 Å². The van der Waals surface area contributed by atoms with E-state index in [-0.39, 0.29) is 18.6 Å². The predicted molar refractivity (Wildman–Crippen MR) is 44.3 cm³/mol. The SMILES string of the molecule is CC1COC(C(C)CO)C1C. The lowest BCUT2D eigenvalue weighted by Crippen LogP contribution is -2.26. The summed E-state index contributed by atoms with van der Waals surface area (Å²) in [5.74, 6) is 1.53. The van der Waals surface area contributed by atoms with Crippen molar-refractivity contribution in [1.29, 1.82) is 0 Å². The molecule has 4 unspecified atom stereocenters. The van der Waals surface area contributed by atoms with E-state index in [4.69, 9.17) is 9.84 Å². The minimum absolute atomic E-state index is 0.238. The van der Waals surface area contributed by atoms with Crippen molar-refractivity contribution in [2.75, 3.05) is 13.2 Å². The van der Waals surface area contributed by atoms with Gasteiger partial charge in [-0.3, -0.25) is 0 Å². The number of aliphatic hydroxyl groups is 1. The fourth-order valence-corrected chi connectivity index (χ4v) is 1.68. The van der Waals surface area contributed by atoms with Crippen LogP contribution in [0.15, 0.2) is 0 Å². The molecule has 1 aliphatic heterocycles. The highest BCUT2D eigenvalue weighted by Gasteiger charge is 2.33. The van der Waals surface area contributed by atoms with Crippen molar-refractivity contribution in [2.24, 2.45) is 17.8 Å². The maximum absolute atomic E-state index is 8.92. The summed E-state index contributed by atoms with van der Waals surface area (Å²) in [4.78, 5) is 0. The molecule has 0 aromatic heterocycles. The summed E-state index contributed by atoms with van der Waals surface area (Å²) >= 11 is 0. The number of ether oxygens (including phenoxy) is 1. The van der Waals surface area contributed by atoms with Gasteiger partial charge in [-0.25, -0.2) is 0 Å². The molecule has 2 nitrogen and oxygen atoms in total. The molecule has 11 heavy (non-hydrogen) atoms. The minimum Gasteiger partial charge on any atom is -0.396 e. The van der Waals surface area contributed by atoms with Crippen molar-refractivity contribution in [3.05, 3.63) is 0 Å². The van der Waals surface area contributed by atoms with Gasteiger partial charge in [0.25, 0.3) is 0 Å². The maximum Gasteiger partial charge on any atom is 0.0651 e. The van der Waals surface area contributed by atoms with Gasteiger partial charge < -0.3 is 9.84 Å². The number of hydrogen-bond donors (Lipinski definition) is 1. The molecule has 66 valence electrons. The van der Waals surface area contributed by atoms with Gasteiger partial charge in [-0.15, -0.1) is 0 Å². The van der Waals surface area contributed by atoms with Crippen molar-refractivity contribution in [3.63, 3.8) is 0 Å². The molecule has 0 aromatic carbocycles. The maximum atomic E-state index is 8.92. The quantitative estimate of drug-likeness (QED) is 0.656. The zero-order valence-electron chi connectivity index (χ0n) is 7.58. The average Bonchev–Trinajstić information content (AvgIpc) is 2.32. The van der Waals surface area contributed by atoms with Crippen LogP contribution in [-0.2, 0) is 4.74 Å². The first-order valence-corrected chi connectivity index (χ1v) is 4.39. The highest BCUT2D eigenvalue weighted by molar-refractivity contribution is 4.81. The van der Waals surface area contributed by atoms with Crippen LogP contribution in [0.2, 0.25) is 0 Å². The number of rotatable bonds is 2. The third-order valence-corrected chi connectivity index (χ3v) is 2.82. The fourth-order valence-electron chi connectivity index (χ4n) is 1.68. The van der Waals surface area contributed by atoms with Gasteiger partial charge in [0, 0.05) is 19.1 Å². The summed E-state index contributed by atoms with van der Waals surface area (Å²) in [6, 6.07) is 0. The Hall–Kier alpha value is -0.0800. The van der Waals surface area contributed by atoms with Crippen molar-refractivity contribution in [2.45, 2.75) is 26.9 Å². The van der Waals surface area contributed by atoms with Gasteiger partial charge in [-0.2, -0.15) is 0 Å². The molecule has 1 heterocycles. The van der Waals surface area contributed by atoms with E-state index in [1.807, 2.05) is 6.92 Å². The second kappa shape index (κ2) is 3.55. The Morgan fingerprint density at radius 3 is 2.55 bits per heavy atom. The monoisotopic (exact) mass is 158 g/mol. The van der Waals surface area contributed by atoms with Crippen molar-refractivity contribution in [3.8, 4) is 0 Å². The van der Waals surface area contributed by atoms with Crippen molar-refractivity contribution >= 4 is 0 Å². The normalized spacial score (nSPS) is 40.9. The Morgan fingerprint density at radius 1 is 1.55 bits per heavy atom. The van der Waals surface area contributed by atoms with Gasteiger partial charge in [-0.1, -0.05) is 20.8 Å². The summed E-state index contributed by atoms with van der Waals surface area (Å²) in [6.45, 7) is 7.54. The summed E-state index contributed by atoms with van der Waals surface area (Å²) in [7, 11) is 0. The van der Waals surface area contributed by atoms with E-state index >= 15 is 0 Å². The van der Waals surface area contributed by atoms with E-state index in [1.165, 1.54) is 0 Å². The molecular formula is C9H18O2. The number of hydrogen-bond acceptors (Lipinski definition) is 2. The fraction of sp³-hybridized carbons (Fsp3) is 1.00. The zero-order valence-corrected chi connectivity index (χ0v) is 7.58. The van der Waals surface area contributed by atoms with Crippen LogP contribution in [0, 0.1) is 17.8 Å². The number of aliphatic hydroxyl groups excluding tert-OH is 1. The molecule has 0 aliphatic carbocycles. The Balaban J connectivity index is 2.47. The standard InChI is InChI=1S/C9H18O2/c1-6(4-10)9-8(3)7(2)5-11-9/h6-10H,4-5H2,1-3H3. The third-order valence-electron chi connectivity index (χ3n) is 2.82. The van der Waals surface area contributed by atoms with Gasteiger partial charge in [0.1, 0.15) is 0 Å². The first-order valence-electron chi connectivity index (χ1n) is 4.39. The van der Waals surface area contributed by atoms with E-state index in [1.54, 1.807) is 0 Å². The van der Waals surface area contributed by atoms with Gasteiger partial charge in [0.15, 0.2) is 0 Å². The van der Waals surface area contributed by atoms with Crippen LogP contribution in [0.3, 0.4) is 0 Å². The molecule has 4 atom stereocenters. The highest BCUT2D eigenvalue weighted by Crippen LogP contribution is 2.30. The molecule has 0 saturated carbocycles. The lowest BCUT2D eigenvalue weighted by molar-refractivity contribution is 0.0280. The van der Waals surface area contributed by atoms with Gasteiger partial charge in [-0.05, 0) is 11.8 Å². The Morgan fingerprint density at radius 2 is 2.18 bits per heavy atom. The van der Waals surface area contributed by atoms with Gasteiger partial charge in [0.05, 0.1) is 6.10 Å². The van der Waals surface area contributed by atoms with Crippen LogP contribution >= 0.6 is 0 Å². The summed E-state index contributed by atoms with van der Waals surface area (Å²) in [5.41, 5.74) is 0. The van der Waals surface area contributed by atoms with Gasteiger partial charge in [0.2, 0.25) is 0 Å². The highest BCUT2D eigenvalue weighted by atomic mass is 16.5. The molecular weight excluding hydrogens is 140 g/mol. The molecule has 0 bridgehead atoms. The van der Waals surface area contributed by atoms with Crippen LogP contribution < -0.4 is 0 Å². The first kappa shape index (κ1) is 9.01. The first-order chi connectivity index (χ1) is 5.16. The molecule has 1 rings (SSSR count). The van der Waals surface area contributed by atoms with E-state index in [2.05, 4.69) is 13.8 Å². The molecule has 0 aromatic rings. The van der Waals surface area contributed by atoms with Crippen molar-refractivity contribution in [1.82, 2.24) is 0 Å². The third kappa shape index (κ3) is 1.74. The molecule has 0 radical (unpaired) electrons. The second-order valence-electron chi connectivity index (χ2n) is 3.79.